The Labute approximate surface area is 206 Å². The number of ether oxygens (including phenoxy) is 2. The number of hydrogen-bond donors (Lipinski definition) is 0. The molecule has 0 fully saturated rings. The van der Waals surface area contributed by atoms with Crippen molar-refractivity contribution in [3.05, 3.63) is 96.1 Å². The Morgan fingerprint density at radius 2 is 1.49 bits per heavy atom. The normalized spacial score (nSPS) is 11.8. The Morgan fingerprint density at radius 1 is 0.857 bits per heavy atom. The fourth-order valence-corrected chi connectivity index (χ4v) is 3.24. The second-order valence-electron chi connectivity index (χ2n) is 7.76. The maximum absolute atomic E-state index is 13.0. The summed E-state index contributed by atoms with van der Waals surface area (Å²) in [4.78, 5) is 50.3. The minimum absolute atomic E-state index is 0.0274. The number of hydrogen-bond acceptors (Lipinski definition) is 6. The summed E-state index contributed by atoms with van der Waals surface area (Å²) in [5.74, 6) is -1.65. The Bertz CT molecular complexity index is 1030. The first-order chi connectivity index (χ1) is 16.9. The number of esters is 2. The van der Waals surface area contributed by atoms with Gasteiger partial charge in [0.1, 0.15) is 6.61 Å². The van der Waals surface area contributed by atoms with Gasteiger partial charge >= 0.3 is 11.9 Å². The highest BCUT2D eigenvalue weighted by Gasteiger charge is 2.22. The predicted octanol–water partition coefficient (Wildman–Crippen LogP) is 4.17. The molecule has 7 nitrogen and oxygen atoms in total. The molecule has 0 heterocycles. The SMILES string of the molecule is CCOC(=O)/C=C/[C@H](CCC(=O)OCc1ccccc1)N(Cc1ccccc1)C(=O)/C=C/C(C)=O. The van der Waals surface area contributed by atoms with Crippen LogP contribution in [0.15, 0.2) is 85.0 Å². The van der Waals surface area contributed by atoms with Crippen LogP contribution in [0, 0.1) is 0 Å². The molecule has 2 aromatic carbocycles. The van der Waals surface area contributed by atoms with Crippen molar-refractivity contribution < 1.29 is 28.7 Å². The lowest BCUT2D eigenvalue weighted by Crippen LogP contribution is -2.38. The van der Waals surface area contributed by atoms with Gasteiger partial charge in [-0.25, -0.2) is 4.79 Å². The average Bonchev–Trinajstić information content (AvgIpc) is 2.86. The molecule has 2 rings (SSSR count). The number of allylic oxidation sites excluding steroid dienone is 1. The first kappa shape index (κ1) is 27.2. The van der Waals surface area contributed by atoms with Crippen molar-refractivity contribution >= 4 is 23.6 Å². The van der Waals surface area contributed by atoms with Gasteiger partial charge in [0, 0.05) is 25.1 Å². The summed E-state index contributed by atoms with van der Waals surface area (Å²) in [7, 11) is 0. The lowest BCUT2D eigenvalue weighted by molar-refractivity contribution is -0.145. The minimum Gasteiger partial charge on any atom is -0.463 e. The van der Waals surface area contributed by atoms with Gasteiger partial charge in [0.2, 0.25) is 5.91 Å². The van der Waals surface area contributed by atoms with Crippen LogP contribution in [0.1, 0.15) is 37.8 Å². The van der Waals surface area contributed by atoms with Gasteiger partial charge in [-0.1, -0.05) is 66.7 Å². The van der Waals surface area contributed by atoms with Crippen LogP contribution in [0.5, 0.6) is 0 Å². The Kier molecular flexibility index (Phi) is 11.7. The Morgan fingerprint density at radius 3 is 2.09 bits per heavy atom. The van der Waals surface area contributed by atoms with Crippen LogP contribution in [-0.4, -0.2) is 41.2 Å². The molecular formula is C28H31NO6. The largest absolute Gasteiger partial charge is 0.463 e. The van der Waals surface area contributed by atoms with Crippen LogP contribution in [0.2, 0.25) is 0 Å². The van der Waals surface area contributed by atoms with Gasteiger partial charge in [0.15, 0.2) is 5.78 Å². The van der Waals surface area contributed by atoms with E-state index in [0.717, 1.165) is 11.1 Å². The van der Waals surface area contributed by atoms with E-state index in [1.54, 1.807) is 13.0 Å². The number of rotatable bonds is 13. The molecule has 184 valence electrons. The molecule has 0 bridgehead atoms. The summed E-state index contributed by atoms with van der Waals surface area (Å²) < 4.78 is 10.3. The summed E-state index contributed by atoms with van der Waals surface area (Å²) in [6.45, 7) is 3.64. The molecular weight excluding hydrogens is 446 g/mol. The molecule has 2 aromatic rings. The number of carbonyl (C=O) groups excluding carboxylic acids is 4. The lowest BCUT2D eigenvalue weighted by atomic mass is 10.1. The van der Waals surface area contributed by atoms with Crippen molar-refractivity contribution in [2.45, 2.75) is 45.9 Å². The van der Waals surface area contributed by atoms with E-state index in [4.69, 9.17) is 9.47 Å². The zero-order valence-corrected chi connectivity index (χ0v) is 20.1. The third-order valence-corrected chi connectivity index (χ3v) is 4.97. The zero-order valence-electron chi connectivity index (χ0n) is 20.1. The molecule has 0 saturated heterocycles. The second kappa shape index (κ2) is 15.0. The smallest absolute Gasteiger partial charge is 0.330 e. The van der Waals surface area contributed by atoms with Crippen molar-refractivity contribution in [3.63, 3.8) is 0 Å². The average molecular weight is 478 g/mol. The van der Waals surface area contributed by atoms with Crippen molar-refractivity contribution in [1.29, 1.82) is 0 Å². The second-order valence-corrected chi connectivity index (χ2v) is 7.76. The van der Waals surface area contributed by atoms with Crippen molar-refractivity contribution in [1.82, 2.24) is 4.90 Å². The molecule has 0 radical (unpaired) electrons. The Hall–Kier alpha value is -4.00. The van der Waals surface area contributed by atoms with E-state index in [1.807, 2.05) is 60.7 Å². The highest BCUT2D eigenvalue weighted by atomic mass is 16.5. The van der Waals surface area contributed by atoms with E-state index in [1.165, 1.54) is 30.1 Å². The number of ketones is 1. The molecule has 7 heteroatoms. The molecule has 35 heavy (non-hydrogen) atoms. The van der Waals surface area contributed by atoms with Gasteiger partial charge in [-0.05, 0) is 37.5 Å². The molecule has 0 N–H and O–H groups in total. The van der Waals surface area contributed by atoms with Gasteiger partial charge in [-0.2, -0.15) is 0 Å². The molecule has 0 aliphatic carbocycles. The van der Waals surface area contributed by atoms with Gasteiger partial charge < -0.3 is 14.4 Å². The van der Waals surface area contributed by atoms with Gasteiger partial charge in [0.05, 0.1) is 12.6 Å². The fraction of sp³-hybridized carbons (Fsp3) is 0.286. The summed E-state index contributed by atoms with van der Waals surface area (Å²) in [6.07, 6.45) is 5.44. The molecule has 0 spiro atoms. The highest BCUT2D eigenvalue weighted by Crippen LogP contribution is 2.16. The van der Waals surface area contributed by atoms with E-state index in [0.29, 0.717) is 0 Å². The predicted molar refractivity (Wildman–Crippen MR) is 132 cm³/mol. The standard InChI is InChI=1S/C28H31NO6/c1-3-34-27(32)18-15-25(16-19-28(33)35-21-24-12-8-5-9-13-24)29(26(31)17-14-22(2)30)20-23-10-6-4-7-11-23/h4-15,17-18,25H,3,16,19-21H2,1-2H3/b17-14+,18-15+/t25-/m1/s1. The fourth-order valence-electron chi connectivity index (χ4n) is 3.24. The van der Waals surface area contributed by atoms with E-state index < -0.39 is 23.9 Å². The first-order valence-corrected chi connectivity index (χ1v) is 11.5. The van der Waals surface area contributed by atoms with Gasteiger partial charge in [-0.15, -0.1) is 0 Å². The molecule has 0 aliphatic heterocycles. The summed E-state index contributed by atoms with van der Waals surface area (Å²) in [6, 6.07) is 18.0. The Balaban J connectivity index is 2.20. The molecule has 0 unspecified atom stereocenters. The third kappa shape index (κ3) is 10.6. The summed E-state index contributed by atoms with van der Waals surface area (Å²) >= 11 is 0. The van der Waals surface area contributed by atoms with E-state index in [2.05, 4.69) is 0 Å². The van der Waals surface area contributed by atoms with E-state index in [9.17, 15) is 19.2 Å². The maximum Gasteiger partial charge on any atom is 0.330 e. The van der Waals surface area contributed by atoms with Crippen LogP contribution in [0.25, 0.3) is 0 Å². The number of amides is 1. The molecule has 1 atom stereocenters. The van der Waals surface area contributed by atoms with Crippen LogP contribution in [0.4, 0.5) is 0 Å². The molecule has 1 amide bonds. The number of carbonyl (C=O) groups is 4. The van der Waals surface area contributed by atoms with Gasteiger partial charge in [-0.3, -0.25) is 14.4 Å². The lowest BCUT2D eigenvalue weighted by Gasteiger charge is -2.29. The van der Waals surface area contributed by atoms with Crippen LogP contribution >= 0.6 is 0 Å². The number of benzene rings is 2. The maximum atomic E-state index is 13.0. The third-order valence-electron chi connectivity index (χ3n) is 4.97. The monoisotopic (exact) mass is 477 g/mol. The first-order valence-electron chi connectivity index (χ1n) is 11.5. The minimum atomic E-state index is -0.618. The van der Waals surface area contributed by atoms with Crippen molar-refractivity contribution in [3.8, 4) is 0 Å². The van der Waals surface area contributed by atoms with E-state index >= 15 is 0 Å². The topological polar surface area (TPSA) is 90.0 Å². The molecule has 0 aliphatic rings. The zero-order chi connectivity index (χ0) is 25.5. The highest BCUT2D eigenvalue weighted by molar-refractivity contribution is 5.96. The van der Waals surface area contributed by atoms with Crippen molar-refractivity contribution in [2.24, 2.45) is 0 Å². The van der Waals surface area contributed by atoms with Crippen LogP contribution < -0.4 is 0 Å². The quantitative estimate of drug-likeness (QED) is 0.318. The summed E-state index contributed by atoms with van der Waals surface area (Å²) in [5, 5.41) is 0. The van der Waals surface area contributed by atoms with Crippen LogP contribution in [0.3, 0.4) is 0 Å². The summed E-state index contributed by atoms with van der Waals surface area (Å²) in [5.41, 5.74) is 1.73. The van der Waals surface area contributed by atoms with Gasteiger partial charge in [0.25, 0.3) is 0 Å². The van der Waals surface area contributed by atoms with Crippen LogP contribution in [-0.2, 0) is 41.8 Å². The van der Waals surface area contributed by atoms with E-state index in [-0.39, 0.29) is 38.4 Å². The molecule has 0 saturated carbocycles. The number of nitrogens with zero attached hydrogens (tertiary/aromatic N) is 1. The molecule has 0 aromatic heterocycles. The van der Waals surface area contributed by atoms with Crippen molar-refractivity contribution in [2.75, 3.05) is 6.61 Å².